The van der Waals surface area contributed by atoms with Gasteiger partial charge in [-0.15, -0.1) is 12.4 Å². The van der Waals surface area contributed by atoms with Gasteiger partial charge in [0.25, 0.3) is 5.91 Å². The molecule has 1 aromatic rings. The number of halogens is 1. The van der Waals surface area contributed by atoms with Crippen LogP contribution in [0.15, 0.2) is 24.3 Å². The van der Waals surface area contributed by atoms with Gasteiger partial charge in [0.15, 0.2) is 0 Å². The highest BCUT2D eigenvalue weighted by molar-refractivity contribution is 6.32. The lowest BCUT2D eigenvalue weighted by Gasteiger charge is -2.29. The summed E-state index contributed by atoms with van der Waals surface area (Å²) in [6.07, 6.45) is 14.7. The number of nitrogens with zero attached hydrogens (tertiary/aromatic N) is 1. The van der Waals surface area contributed by atoms with Crippen molar-refractivity contribution in [3.63, 3.8) is 0 Å². The van der Waals surface area contributed by atoms with Crippen molar-refractivity contribution >= 4 is 30.2 Å². The third-order valence-corrected chi connectivity index (χ3v) is 7.08. The molecule has 1 saturated heterocycles. The van der Waals surface area contributed by atoms with Crippen molar-refractivity contribution < 1.29 is 19.1 Å². The topological polar surface area (TPSA) is 87.7 Å². The quantitative estimate of drug-likeness (QED) is 0.148. The normalized spacial score (nSPS) is 13.4. The summed E-state index contributed by atoms with van der Waals surface area (Å²) >= 11 is 0. The van der Waals surface area contributed by atoms with Crippen LogP contribution in [0.2, 0.25) is 0 Å². The fraction of sp³-hybridized carbons (Fsp3) is 0.700. The number of nitrogens with one attached hydrogen (secondary N) is 2. The summed E-state index contributed by atoms with van der Waals surface area (Å²) in [6, 6.07) is 7.31. The highest BCUT2D eigenvalue weighted by Gasteiger charge is 2.26. The molecule has 0 aromatic heterocycles. The van der Waals surface area contributed by atoms with Crippen molar-refractivity contribution in [1.29, 1.82) is 0 Å². The molecule has 0 unspecified atom stereocenters. The number of esters is 1. The Morgan fingerprint density at radius 3 is 2.05 bits per heavy atom. The molecule has 2 amide bonds. The number of rotatable bonds is 17. The maximum atomic E-state index is 12.7. The number of hydrogen-bond acceptors (Lipinski definition) is 5. The monoisotopic (exact) mass is 551 g/mol. The number of piperidine rings is 1. The lowest BCUT2D eigenvalue weighted by molar-refractivity contribution is -0.160. The largest absolute Gasteiger partial charge is 0.459 e. The van der Waals surface area contributed by atoms with Gasteiger partial charge in [-0.25, -0.2) is 4.79 Å². The molecular formula is C30H50ClN3O4. The summed E-state index contributed by atoms with van der Waals surface area (Å²) in [5.41, 5.74) is 1.50. The second-order valence-corrected chi connectivity index (χ2v) is 10.2. The zero-order valence-electron chi connectivity index (χ0n) is 23.6. The van der Waals surface area contributed by atoms with Crippen molar-refractivity contribution in [1.82, 2.24) is 15.5 Å². The Hall–Kier alpha value is -2.12. The van der Waals surface area contributed by atoms with E-state index < -0.39 is 11.9 Å². The number of amides is 2. The van der Waals surface area contributed by atoms with E-state index in [-0.39, 0.29) is 24.9 Å². The van der Waals surface area contributed by atoms with Crippen LogP contribution in [0.3, 0.4) is 0 Å². The van der Waals surface area contributed by atoms with Gasteiger partial charge in [0.2, 0.25) is 0 Å². The second-order valence-electron chi connectivity index (χ2n) is 10.2. The molecule has 1 aliphatic heterocycles. The molecule has 7 nitrogen and oxygen atoms in total. The van der Waals surface area contributed by atoms with Crippen LogP contribution >= 0.6 is 12.4 Å². The molecule has 0 saturated carbocycles. The summed E-state index contributed by atoms with van der Waals surface area (Å²) in [4.78, 5) is 39.0. The first-order valence-electron chi connectivity index (χ1n) is 14.6. The zero-order valence-corrected chi connectivity index (χ0v) is 24.4. The lowest BCUT2D eigenvalue weighted by Crippen LogP contribution is -2.42. The number of hydrogen-bond donors (Lipinski definition) is 2. The minimum Gasteiger partial charge on any atom is -0.459 e. The van der Waals surface area contributed by atoms with Crippen LogP contribution in [0.5, 0.6) is 0 Å². The van der Waals surface area contributed by atoms with Crippen LogP contribution in [0.4, 0.5) is 0 Å². The fourth-order valence-corrected chi connectivity index (χ4v) is 4.82. The van der Waals surface area contributed by atoms with Crippen molar-refractivity contribution in [2.24, 2.45) is 5.92 Å². The molecule has 8 heteroatoms. The van der Waals surface area contributed by atoms with E-state index in [1.165, 1.54) is 51.4 Å². The summed E-state index contributed by atoms with van der Waals surface area (Å²) in [7, 11) is 0. The summed E-state index contributed by atoms with van der Waals surface area (Å²) in [5, 5.41) is 6.35. The fourth-order valence-electron chi connectivity index (χ4n) is 4.82. The Labute approximate surface area is 236 Å². The summed E-state index contributed by atoms with van der Waals surface area (Å²) < 4.78 is 4.96. The molecule has 216 valence electrons. The molecule has 2 rings (SSSR count). The van der Waals surface area contributed by atoms with E-state index >= 15 is 0 Å². The van der Waals surface area contributed by atoms with E-state index in [1.54, 1.807) is 24.0 Å². The number of benzene rings is 1. The predicted molar refractivity (Wildman–Crippen MR) is 156 cm³/mol. The molecule has 0 atom stereocenters. The van der Waals surface area contributed by atoms with Crippen molar-refractivity contribution in [2.45, 2.75) is 97.4 Å². The number of carbonyl (C=O) groups is 3. The van der Waals surface area contributed by atoms with E-state index in [9.17, 15) is 14.4 Å². The Bertz CT molecular complexity index is 797. The van der Waals surface area contributed by atoms with E-state index in [4.69, 9.17) is 4.74 Å². The Balaban J connectivity index is 0.00000722. The van der Waals surface area contributed by atoms with Gasteiger partial charge in [-0.3, -0.25) is 9.59 Å². The van der Waals surface area contributed by atoms with Gasteiger partial charge in [-0.2, -0.15) is 0 Å². The number of unbranched alkanes of at least 4 members (excludes halogenated alkanes) is 9. The van der Waals surface area contributed by atoms with Gasteiger partial charge < -0.3 is 20.3 Å². The maximum absolute atomic E-state index is 12.7. The molecule has 0 radical (unpaired) electrons. The molecule has 0 bridgehead atoms. The molecule has 2 N–H and O–H groups in total. The number of carbonyl (C=O) groups excluding carboxylic acids is 3. The van der Waals surface area contributed by atoms with Crippen LogP contribution < -0.4 is 10.6 Å². The first-order valence-corrected chi connectivity index (χ1v) is 14.6. The molecule has 38 heavy (non-hydrogen) atoms. The van der Waals surface area contributed by atoms with Crippen molar-refractivity contribution in [3.05, 3.63) is 35.4 Å². The average molecular weight is 552 g/mol. The Kier molecular flexibility index (Phi) is 18.6. The van der Waals surface area contributed by atoms with Crippen molar-refractivity contribution in [3.8, 4) is 0 Å². The van der Waals surface area contributed by atoms with Gasteiger partial charge >= 0.3 is 11.9 Å². The maximum Gasteiger partial charge on any atom is 0.397 e. The lowest BCUT2D eigenvalue weighted by atomic mass is 9.97. The van der Waals surface area contributed by atoms with E-state index in [2.05, 4.69) is 17.6 Å². The molecular weight excluding hydrogens is 502 g/mol. The third kappa shape index (κ3) is 13.6. The summed E-state index contributed by atoms with van der Waals surface area (Å²) in [5.74, 6) is -1.12. The Morgan fingerprint density at radius 1 is 0.895 bits per heavy atom. The van der Waals surface area contributed by atoms with Gasteiger partial charge in [-0.1, -0.05) is 76.8 Å². The van der Waals surface area contributed by atoms with Gasteiger partial charge in [0.1, 0.15) is 0 Å². The highest BCUT2D eigenvalue weighted by Crippen LogP contribution is 2.17. The standard InChI is InChI=1S/C30H49N3O4.ClH/c1-3-5-6-7-8-9-10-11-12-13-20-32-28(34)27-16-14-25(15-17-27)23-33(29(35)30(36)37-4-2)24-26-18-21-31-22-19-26;/h14-17,26,31H,3-13,18-24H2,1-2H3,(H,32,34);1H. The molecule has 0 aliphatic carbocycles. The van der Waals surface area contributed by atoms with Crippen LogP contribution in [0, 0.1) is 5.92 Å². The third-order valence-electron chi connectivity index (χ3n) is 7.08. The van der Waals surface area contributed by atoms with Gasteiger partial charge in [0, 0.05) is 25.2 Å². The van der Waals surface area contributed by atoms with E-state index in [0.717, 1.165) is 44.3 Å². The van der Waals surface area contributed by atoms with Gasteiger partial charge in [-0.05, 0) is 62.9 Å². The van der Waals surface area contributed by atoms with Crippen LogP contribution in [-0.4, -0.2) is 55.5 Å². The van der Waals surface area contributed by atoms with Crippen LogP contribution in [-0.2, 0) is 20.9 Å². The van der Waals surface area contributed by atoms with Crippen LogP contribution in [0.25, 0.3) is 0 Å². The smallest absolute Gasteiger partial charge is 0.397 e. The molecule has 1 aromatic carbocycles. The van der Waals surface area contributed by atoms with Crippen molar-refractivity contribution in [2.75, 3.05) is 32.8 Å². The van der Waals surface area contributed by atoms with Crippen LogP contribution in [0.1, 0.15) is 107 Å². The number of ether oxygens (including phenoxy) is 1. The van der Waals surface area contributed by atoms with Gasteiger partial charge in [0.05, 0.1) is 6.61 Å². The molecule has 0 spiro atoms. The first kappa shape index (κ1) is 33.9. The summed E-state index contributed by atoms with van der Waals surface area (Å²) in [6.45, 7) is 7.51. The minimum atomic E-state index is -0.806. The first-order chi connectivity index (χ1) is 18.0. The minimum absolute atomic E-state index is 0. The van der Waals surface area contributed by atoms with E-state index in [0.29, 0.717) is 31.1 Å². The highest BCUT2D eigenvalue weighted by atomic mass is 35.5. The predicted octanol–water partition coefficient (Wildman–Crippen LogP) is 5.65. The second kappa shape index (κ2) is 20.8. The molecule has 1 fully saturated rings. The SMILES string of the molecule is CCCCCCCCCCCCNC(=O)c1ccc(CN(CC2CCNCC2)C(=O)C(=O)OCC)cc1.Cl. The zero-order chi connectivity index (χ0) is 26.7. The average Bonchev–Trinajstić information content (AvgIpc) is 2.92. The van der Waals surface area contributed by atoms with E-state index in [1.807, 2.05) is 12.1 Å². The molecule has 1 aliphatic rings. The Morgan fingerprint density at radius 2 is 1.47 bits per heavy atom. The molecule has 1 heterocycles.